The molecule has 1 unspecified atom stereocenters. The highest BCUT2D eigenvalue weighted by molar-refractivity contribution is 6.07. The molecule has 1 aromatic carbocycles. The fourth-order valence-electron chi connectivity index (χ4n) is 4.29. The van der Waals surface area contributed by atoms with Gasteiger partial charge >= 0.3 is 0 Å². The average Bonchev–Trinajstić information content (AvgIpc) is 3.50. The minimum absolute atomic E-state index is 0.0717. The summed E-state index contributed by atoms with van der Waals surface area (Å²) in [5.41, 5.74) is 6.18. The number of nitrogens with zero attached hydrogens (tertiary/aromatic N) is 5. The van der Waals surface area contributed by atoms with E-state index in [2.05, 4.69) is 10.4 Å². The molecule has 1 N–H and O–H groups in total. The van der Waals surface area contributed by atoms with Crippen LogP contribution in [-0.2, 0) is 6.54 Å². The molecule has 0 bridgehead atoms. The summed E-state index contributed by atoms with van der Waals surface area (Å²) >= 11 is 0. The van der Waals surface area contributed by atoms with Gasteiger partial charge in [-0.3, -0.25) is 9.48 Å². The molecule has 3 heterocycles. The number of carbonyl (C=O) groups is 1. The average molecular weight is 429 g/mol. The Labute approximate surface area is 187 Å². The molecule has 0 radical (unpaired) electrons. The molecular weight excluding hydrogens is 400 g/mol. The third-order valence-corrected chi connectivity index (χ3v) is 6.00. The molecule has 1 aliphatic carbocycles. The number of hydrogen-bond donors (Lipinski definition) is 1. The summed E-state index contributed by atoms with van der Waals surface area (Å²) in [6.45, 7) is 8.58. The van der Waals surface area contributed by atoms with E-state index >= 15 is 0 Å². The van der Waals surface area contributed by atoms with Crippen LogP contribution < -0.4 is 5.32 Å². The Bertz CT molecular complexity index is 1300. The second kappa shape index (κ2) is 7.89. The summed E-state index contributed by atoms with van der Waals surface area (Å²) in [7, 11) is 0. The van der Waals surface area contributed by atoms with Crippen LogP contribution >= 0.6 is 0 Å². The first-order valence-electron chi connectivity index (χ1n) is 11.2. The smallest absolute Gasteiger partial charge is 0.252 e. The lowest BCUT2D eigenvalue weighted by molar-refractivity contribution is 0.0937. The number of carbonyl (C=O) groups excluding carboxylic acids is 1. The summed E-state index contributed by atoms with van der Waals surface area (Å²) in [5, 5.41) is 13.2. The molecule has 0 saturated heterocycles. The van der Waals surface area contributed by atoms with E-state index in [1.165, 1.54) is 0 Å². The first kappa shape index (κ1) is 20.4. The highest BCUT2D eigenvalue weighted by Gasteiger charge is 2.29. The molecule has 1 fully saturated rings. The van der Waals surface area contributed by atoms with Gasteiger partial charge in [0.05, 0.1) is 34.6 Å². The van der Waals surface area contributed by atoms with Crippen molar-refractivity contribution in [3.63, 3.8) is 0 Å². The van der Waals surface area contributed by atoms with E-state index in [4.69, 9.17) is 10.1 Å². The van der Waals surface area contributed by atoms with Gasteiger partial charge in [-0.2, -0.15) is 10.2 Å². The van der Waals surface area contributed by atoms with Gasteiger partial charge in [-0.25, -0.2) is 9.67 Å². The normalized spacial score (nSPS) is 14.6. The van der Waals surface area contributed by atoms with Crippen molar-refractivity contribution in [1.82, 2.24) is 29.9 Å². The van der Waals surface area contributed by atoms with Crippen LogP contribution in [-0.4, -0.2) is 36.5 Å². The van der Waals surface area contributed by atoms with Crippen molar-refractivity contribution in [2.45, 2.75) is 59.0 Å². The minimum atomic E-state index is -0.0935. The molecular formula is C25H28N6O. The second-order valence-corrected chi connectivity index (χ2v) is 8.88. The lowest BCUT2D eigenvalue weighted by Gasteiger charge is -2.16. The highest BCUT2D eigenvalue weighted by Crippen LogP contribution is 2.40. The Morgan fingerprint density at radius 2 is 1.88 bits per heavy atom. The van der Waals surface area contributed by atoms with Gasteiger partial charge in [0.1, 0.15) is 0 Å². The molecule has 1 amide bonds. The summed E-state index contributed by atoms with van der Waals surface area (Å²) < 4.78 is 3.80. The molecule has 5 rings (SSSR count). The molecule has 1 aliphatic rings. The van der Waals surface area contributed by atoms with Gasteiger partial charge < -0.3 is 5.32 Å². The number of aryl methyl sites for hydroxylation is 3. The van der Waals surface area contributed by atoms with Crippen molar-refractivity contribution in [3.05, 3.63) is 70.8 Å². The van der Waals surface area contributed by atoms with E-state index in [9.17, 15) is 4.79 Å². The van der Waals surface area contributed by atoms with Crippen molar-refractivity contribution >= 4 is 16.9 Å². The molecule has 4 aromatic rings. The van der Waals surface area contributed by atoms with Crippen LogP contribution in [0.4, 0.5) is 0 Å². The van der Waals surface area contributed by atoms with E-state index in [1.54, 1.807) is 0 Å². The number of benzene rings is 1. The zero-order chi connectivity index (χ0) is 22.4. The predicted octanol–water partition coefficient (Wildman–Crippen LogP) is 4.24. The van der Waals surface area contributed by atoms with E-state index in [1.807, 2.05) is 79.5 Å². The lowest BCUT2D eigenvalue weighted by Crippen LogP contribution is -2.36. The Balaban J connectivity index is 1.52. The maximum Gasteiger partial charge on any atom is 0.252 e. The topological polar surface area (TPSA) is 77.6 Å². The third-order valence-electron chi connectivity index (χ3n) is 6.00. The molecule has 7 heteroatoms. The van der Waals surface area contributed by atoms with Crippen molar-refractivity contribution in [2.75, 3.05) is 0 Å². The maximum atomic E-state index is 13.4. The highest BCUT2D eigenvalue weighted by atomic mass is 16.1. The summed E-state index contributed by atoms with van der Waals surface area (Å²) in [4.78, 5) is 18.4. The first-order valence-corrected chi connectivity index (χ1v) is 11.2. The predicted molar refractivity (Wildman–Crippen MR) is 124 cm³/mol. The van der Waals surface area contributed by atoms with Gasteiger partial charge in [-0.15, -0.1) is 0 Å². The van der Waals surface area contributed by atoms with E-state index in [0.717, 1.165) is 52.3 Å². The van der Waals surface area contributed by atoms with Crippen molar-refractivity contribution in [1.29, 1.82) is 0 Å². The van der Waals surface area contributed by atoms with Crippen LogP contribution in [0.25, 0.3) is 16.7 Å². The van der Waals surface area contributed by atoms with Gasteiger partial charge in [0.25, 0.3) is 5.91 Å². The van der Waals surface area contributed by atoms with Crippen molar-refractivity contribution < 1.29 is 4.79 Å². The molecule has 1 atom stereocenters. The first-order chi connectivity index (χ1) is 15.4. The third kappa shape index (κ3) is 3.79. The minimum Gasteiger partial charge on any atom is -0.348 e. The van der Waals surface area contributed by atoms with Crippen LogP contribution in [0.2, 0.25) is 0 Å². The molecule has 32 heavy (non-hydrogen) atoms. The molecule has 3 aromatic heterocycles. The van der Waals surface area contributed by atoms with Gasteiger partial charge in [-0.1, -0.05) is 18.2 Å². The van der Waals surface area contributed by atoms with Crippen LogP contribution in [0.5, 0.6) is 0 Å². The fraction of sp³-hybridized carbons (Fsp3) is 0.360. The maximum absolute atomic E-state index is 13.4. The molecule has 1 saturated carbocycles. The van der Waals surface area contributed by atoms with Gasteiger partial charge in [-0.05, 0) is 64.8 Å². The van der Waals surface area contributed by atoms with E-state index in [-0.39, 0.29) is 11.9 Å². The second-order valence-electron chi connectivity index (χ2n) is 8.88. The van der Waals surface area contributed by atoms with Gasteiger partial charge in [0.2, 0.25) is 0 Å². The Morgan fingerprint density at radius 1 is 1.12 bits per heavy atom. The number of amides is 1. The van der Waals surface area contributed by atoms with Crippen molar-refractivity contribution in [2.24, 2.45) is 0 Å². The largest absolute Gasteiger partial charge is 0.348 e. The monoisotopic (exact) mass is 428 g/mol. The van der Waals surface area contributed by atoms with Crippen molar-refractivity contribution in [3.8, 4) is 5.69 Å². The summed E-state index contributed by atoms with van der Waals surface area (Å²) in [5.74, 6) is 0.335. The Morgan fingerprint density at radius 3 is 2.53 bits per heavy atom. The molecule has 164 valence electrons. The zero-order valence-corrected chi connectivity index (χ0v) is 19.0. The Kier molecular flexibility index (Phi) is 5.04. The SMILES string of the molecule is Cc1cc(C)n(CC(C)NC(=O)c2cc(C3CC3)nc3c2c(C)nn3-c2ccccc2)n1. The van der Waals surface area contributed by atoms with Crippen LogP contribution in [0.1, 0.15) is 58.8 Å². The van der Waals surface area contributed by atoms with Crippen LogP contribution in [0.15, 0.2) is 42.5 Å². The number of para-hydroxylation sites is 1. The molecule has 7 nitrogen and oxygen atoms in total. The molecule has 0 aliphatic heterocycles. The number of pyridine rings is 1. The van der Waals surface area contributed by atoms with E-state index in [0.29, 0.717) is 18.0 Å². The number of aromatic nitrogens is 5. The van der Waals surface area contributed by atoms with Crippen LogP contribution in [0, 0.1) is 20.8 Å². The number of rotatable bonds is 6. The summed E-state index contributed by atoms with van der Waals surface area (Å²) in [6.07, 6.45) is 2.23. The quantitative estimate of drug-likeness (QED) is 0.498. The van der Waals surface area contributed by atoms with Gasteiger partial charge in [0.15, 0.2) is 5.65 Å². The fourth-order valence-corrected chi connectivity index (χ4v) is 4.29. The summed E-state index contributed by atoms with van der Waals surface area (Å²) in [6, 6.07) is 13.9. The number of fused-ring (bicyclic) bond motifs is 1. The Hall–Kier alpha value is -3.48. The van der Waals surface area contributed by atoms with E-state index < -0.39 is 0 Å². The number of nitrogens with one attached hydrogen (secondary N) is 1. The van der Waals surface area contributed by atoms with Gasteiger partial charge in [0, 0.05) is 23.3 Å². The van der Waals surface area contributed by atoms with Crippen LogP contribution in [0.3, 0.4) is 0 Å². The standard InChI is InChI=1S/C25H28N6O/c1-15-12-17(3)30(28-15)14-16(2)26-25(32)21-13-22(19-10-11-19)27-24-23(21)18(4)29-31(24)20-8-6-5-7-9-20/h5-9,12-13,16,19H,10-11,14H2,1-4H3,(H,26,32). The lowest BCUT2D eigenvalue weighted by atomic mass is 10.1. The zero-order valence-electron chi connectivity index (χ0n) is 19.0. The number of hydrogen-bond acceptors (Lipinski definition) is 4. The molecule has 0 spiro atoms.